The molecule has 1 aliphatic rings. The van der Waals surface area contributed by atoms with Crippen LogP contribution in [0.3, 0.4) is 0 Å². The molecule has 0 nitrogen and oxygen atoms in total. The lowest BCUT2D eigenvalue weighted by molar-refractivity contribution is 0.513. The van der Waals surface area contributed by atoms with Crippen molar-refractivity contribution in [2.75, 3.05) is 0 Å². The summed E-state index contributed by atoms with van der Waals surface area (Å²) in [6.45, 7) is 9.92. The van der Waals surface area contributed by atoms with Gasteiger partial charge in [-0.05, 0) is 30.3 Å². The Kier molecular flexibility index (Phi) is 4.19. The zero-order valence-corrected chi connectivity index (χ0v) is 9.39. The lowest BCUT2D eigenvalue weighted by Crippen LogP contribution is -2.02. The number of hydrogen-bond donors (Lipinski definition) is 0. The summed E-state index contributed by atoms with van der Waals surface area (Å²) in [4.78, 5) is 0. The fourth-order valence-electron chi connectivity index (χ4n) is 2.14. The minimum absolute atomic E-state index is 0.491. The van der Waals surface area contributed by atoms with Gasteiger partial charge in [-0.3, -0.25) is 0 Å². The fraction of sp³-hybridized carbons (Fsp3) is 0.571. The molecule has 0 aliphatic heterocycles. The van der Waals surface area contributed by atoms with Gasteiger partial charge in [0.05, 0.1) is 0 Å². The van der Waals surface area contributed by atoms with Crippen LogP contribution in [-0.2, 0) is 0 Å². The van der Waals surface area contributed by atoms with Crippen molar-refractivity contribution < 1.29 is 0 Å². The third-order valence-electron chi connectivity index (χ3n) is 3.24. The first-order valence-electron chi connectivity index (χ1n) is 5.74. The molecule has 0 amide bonds. The molecule has 0 heterocycles. The standard InChI is InChI=1S/C14H22/c1-4-7-8-10-14(11-12-14)13(6-3)9-5-2/h5-6,9H,2-4,7-8,10-12H2,1H3/b13-9+. The Labute approximate surface area is 88.4 Å². The van der Waals surface area contributed by atoms with E-state index in [0.29, 0.717) is 5.41 Å². The summed E-state index contributed by atoms with van der Waals surface area (Å²) in [6, 6.07) is 0. The highest BCUT2D eigenvalue weighted by Crippen LogP contribution is 2.56. The van der Waals surface area contributed by atoms with Crippen LogP contribution in [0.1, 0.15) is 45.4 Å². The van der Waals surface area contributed by atoms with Gasteiger partial charge >= 0.3 is 0 Å². The van der Waals surface area contributed by atoms with Crippen molar-refractivity contribution in [2.24, 2.45) is 5.41 Å². The van der Waals surface area contributed by atoms with Crippen molar-refractivity contribution in [1.29, 1.82) is 0 Å². The Morgan fingerprint density at radius 1 is 1.29 bits per heavy atom. The van der Waals surface area contributed by atoms with Crippen LogP contribution in [0.25, 0.3) is 0 Å². The highest BCUT2D eigenvalue weighted by Gasteiger charge is 2.43. The van der Waals surface area contributed by atoms with Crippen LogP contribution in [0.5, 0.6) is 0 Å². The molecular weight excluding hydrogens is 168 g/mol. The molecule has 1 fully saturated rings. The van der Waals surface area contributed by atoms with Gasteiger partial charge in [-0.2, -0.15) is 0 Å². The van der Waals surface area contributed by atoms with Gasteiger partial charge in [0.1, 0.15) is 0 Å². The fourth-order valence-corrected chi connectivity index (χ4v) is 2.14. The molecule has 78 valence electrons. The quantitative estimate of drug-likeness (QED) is 0.405. The maximum absolute atomic E-state index is 3.90. The van der Waals surface area contributed by atoms with Crippen LogP contribution < -0.4 is 0 Å². The summed E-state index contributed by atoms with van der Waals surface area (Å²) >= 11 is 0. The predicted molar refractivity (Wildman–Crippen MR) is 64.3 cm³/mol. The first kappa shape index (κ1) is 11.3. The average molecular weight is 190 g/mol. The van der Waals surface area contributed by atoms with Crippen molar-refractivity contribution in [3.63, 3.8) is 0 Å². The third kappa shape index (κ3) is 2.60. The molecule has 1 aliphatic carbocycles. The zero-order valence-electron chi connectivity index (χ0n) is 9.39. The third-order valence-corrected chi connectivity index (χ3v) is 3.24. The molecule has 0 aromatic rings. The average Bonchev–Trinajstić information content (AvgIpc) is 2.96. The largest absolute Gasteiger partial charge is 0.0991 e. The summed E-state index contributed by atoms with van der Waals surface area (Å²) in [6.07, 6.45) is 14.1. The van der Waals surface area contributed by atoms with Gasteiger partial charge in [0.15, 0.2) is 0 Å². The predicted octanol–water partition coefficient (Wildman–Crippen LogP) is 4.65. The maximum atomic E-state index is 3.90. The lowest BCUT2D eigenvalue weighted by atomic mass is 9.89. The topological polar surface area (TPSA) is 0 Å². The van der Waals surface area contributed by atoms with Gasteiger partial charge in [0.25, 0.3) is 0 Å². The Morgan fingerprint density at radius 3 is 2.43 bits per heavy atom. The molecule has 0 bridgehead atoms. The second-order valence-electron chi connectivity index (χ2n) is 4.30. The van der Waals surface area contributed by atoms with Crippen LogP contribution >= 0.6 is 0 Å². The van der Waals surface area contributed by atoms with Crippen molar-refractivity contribution in [1.82, 2.24) is 0 Å². The summed E-state index contributed by atoms with van der Waals surface area (Å²) in [7, 11) is 0. The van der Waals surface area contributed by atoms with Crippen LogP contribution in [0.15, 0.2) is 37.0 Å². The van der Waals surface area contributed by atoms with Crippen molar-refractivity contribution in [3.8, 4) is 0 Å². The van der Waals surface area contributed by atoms with Gasteiger partial charge in [0, 0.05) is 0 Å². The SMILES string of the molecule is C=C/C=C(\C=C)C1(CCCCC)CC1. The van der Waals surface area contributed by atoms with Crippen molar-refractivity contribution in [2.45, 2.75) is 45.4 Å². The Hall–Kier alpha value is -0.780. The molecule has 0 N–H and O–H groups in total. The van der Waals surface area contributed by atoms with E-state index >= 15 is 0 Å². The zero-order chi connectivity index (χ0) is 10.4. The normalized spacial score (nSPS) is 19.1. The number of rotatable bonds is 7. The van der Waals surface area contributed by atoms with Gasteiger partial charge in [0.2, 0.25) is 0 Å². The van der Waals surface area contributed by atoms with E-state index in [0.717, 1.165) is 0 Å². The van der Waals surface area contributed by atoms with Crippen LogP contribution in [0.2, 0.25) is 0 Å². The second-order valence-corrected chi connectivity index (χ2v) is 4.30. The van der Waals surface area contributed by atoms with Crippen LogP contribution in [-0.4, -0.2) is 0 Å². The molecule has 0 radical (unpaired) electrons. The lowest BCUT2D eigenvalue weighted by Gasteiger charge is -2.15. The van der Waals surface area contributed by atoms with E-state index in [1.807, 2.05) is 12.2 Å². The Bertz CT molecular complexity index is 228. The van der Waals surface area contributed by atoms with Gasteiger partial charge in [-0.15, -0.1) is 0 Å². The molecule has 0 unspecified atom stereocenters. The number of allylic oxidation sites excluding steroid dienone is 4. The monoisotopic (exact) mass is 190 g/mol. The van der Waals surface area contributed by atoms with E-state index in [9.17, 15) is 0 Å². The maximum Gasteiger partial charge on any atom is -0.00465 e. The number of unbranched alkanes of at least 4 members (excludes halogenated alkanes) is 2. The first-order chi connectivity index (χ1) is 6.79. The minimum Gasteiger partial charge on any atom is -0.0991 e. The summed E-state index contributed by atoms with van der Waals surface area (Å²) in [5, 5.41) is 0. The summed E-state index contributed by atoms with van der Waals surface area (Å²) in [5.74, 6) is 0. The van der Waals surface area contributed by atoms with Gasteiger partial charge < -0.3 is 0 Å². The molecule has 0 atom stereocenters. The van der Waals surface area contributed by atoms with Crippen molar-refractivity contribution >= 4 is 0 Å². The molecule has 0 heteroatoms. The first-order valence-corrected chi connectivity index (χ1v) is 5.74. The van der Waals surface area contributed by atoms with Gasteiger partial charge in [-0.25, -0.2) is 0 Å². The molecule has 1 saturated carbocycles. The molecular formula is C14H22. The molecule has 0 spiro atoms. The highest BCUT2D eigenvalue weighted by molar-refractivity contribution is 5.33. The molecule has 14 heavy (non-hydrogen) atoms. The smallest absolute Gasteiger partial charge is 0.00465 e. The van der Waals surface area contributed by atoms with E-state index in [4.69, 9.17) is 0 Å². The minimum atomic E-state index is 0.491. The molecule has 1 rings (SSSR count). The summed E-state index contributed by atoms with van der Waals surface area (Å²) < 4.78 is 0. The van der Waals surface area contributed by atoms with E-state index in [1.165, 1.54) is 44.1 Å². The Morgan fingerprint density at radius 2 is 2.00 bits per heavy atom. The summed E-state index contributed by atoms with van der Waals surface area (Å²) in [5.41, 5.74) is 1.90. The molecule has 0 aromatic carbocycles. The van der Waals surface area contributed by atoms with E-state index < -0.39 is 0 Å². The second kappa shape index (κ2) is 5.19. The van der Waals surface area contributed by atoms with E-state index in [-0.39, 0.29) is 0 Å². The molecule has 0 aromatic heterocycles. The van der Waals surface area contributed by atoms with Gasteiger partial charge in [-0.1, -0.05) is 57.6 Å². The van der Waals surface area contributed by atoms with E-state index in [2.05, 4.69) is 26.2 Å². The van der Waals surface area contributed by atoms with Crippen LogP contribution in [0.4, 0.5) is 0 Å². The van der Waals surface area contributed by atoms with Crippen LogP contribution in [0, 0.1) is 5.41 Å². The number of hydrogen-bond acceptors (Lipinski definition) is 0. The van der Waals surface area contributed by atoms with E-state index in [1.54, 1.807) is 0 Å². The van der Waals surface area contributed by atoms with Crippen molar-refractivity contribution in [3.05, 3.63) is 37.0 Å². The highest BCUT2D eigenvalue weighted by atomic mass is 14.5. The Balaban J connectivity index is 2.51. The molecule has 0 saturated heterocycles.